The summed E-state index contributed by atoms with van der Waals surface area (Å²) in [4.78, 5) is 43.5. The van der Waals surface area contributed by atoms with Crippen molar-refractivity contribution in [3.8, 4) is 5.75 Å². The minimum atomic E-state index is -1.66. The van der Waals surface area contributed by atoms with E-state index in [-0.39, 0.29) is 29.8 Å². The summed E-state index contributed by atoms with van der Waals surface area (Å²) >= 11 is 3.50. The Labute approximate surface area is 302 Å². The largest absolute Gasteiger partial charge is 0.508 e. The summed E-state index contributed by atoms with van der Waals surface area (Å²) in [6.45, 7) is 5.95. The second-order valence-corrected chi connectivity index (χ2v) is 14.4. The number of aliphatic imine (C=N–C) groups is 1. The average molecular weight is 769 g/mol. The van der Waals surface area contributed by atoms with Crippen LogP contribution in [0.4, 0.5) is 11.4 Å². The van der Waals surface area contributed by atoms with Gasteiger partial charge in [0.15, 0.2) is 11.7 Å². The number of aliphatic hydroxyl groups excluding tert-OH is 3. The third-order valence-corrected chi connectivity index (χ3v) is 8.91. The zero-order valence-corrected chi connectivity index (χ0v) is 29.7. The van der Waals surface area contributed by atoms with Gasteiger partial charge in [0.2, 0.25) is 5.91 Å². The molecule has 15 nitrogen and oxygen atoms in total. The van der Waals surface area contributed by atoms with Crippen molar-refractivity contribution in [2.75, 3.05) is 30.3 Å². The van der Waals surface area contributed by atoms with Crippen LogP contribution in [0.1, 0.15) is 60.1 Å². The first-order valence-corrected chi connectivity index (χ1v) is 17.0. The lowest BCUT2D eigenvalue weighted by atomic mass is 9.84. The Morgan fingerprint density at radius 2 is 1.80 bits per heavy atom. The molecule has 0 bridgehead atoms. The lowest BCUT2D eigenvalue weighted by Crippen LogP contribution is -2.57. The predicted octanol–water partition coefficient (Wildman–Crippen LogP) is 1.66. The molecule has 2 aliphatic rings. The normalized spacial score (nSPS) is 19.4. The van der Waals surface area contributed by atoms with Crippen LogP contribution in [0.5, 0.6) is 5.75 Å². The molecule has 0 fully saturated rings. The van der Waals surface area contributed by atoms with Crippen LogP contribution in [-0.4, -0.2) is 93.2 Å². The summed E-state index contributed by atoms with van der Waals surface area (Å²) in [5, 5.41) is 69.4. The molecule has 6 atom stereocenters. The minimum absolute atomic E-state index is 0.173. The Morgan fingerprint density at radius 3 is 2.47 bits per heavy atom. The summed E-state index contributed by atoms with van der Waals surface area (Å²) in [7, 11) is 0. The van der Waals surface area contributed by atoms with Crippen molar-refractivity contribution < 1.29 is 39.9 Å². The number of hydrogen-bond acceptors (Lipinski definition) is 13. The molecule has 6 unspecified atom stereocenters. The third kappa shape index (κ3) is 9.40. The zero-order chi connectivity index (χ0) is 37.0. The number of amides is 1. The number of carbonyl (C=O) groups excluding carboxylic acids is 2. The second kappa shape index (κ2) is 15.8. The van der Waals surface area contributed by atoms with Crippen LogP contribution in [0.3, 0.4) is 0 Å². The van der Waals surface area contributed by atoms with E-state index in [0.29, 0.717) is 32.9 Å². The molecule has 1 amide bonds. The molecule has 2 aliphatic heterocycles. The number of phenols is 1. The highest BCUT2D eigenvalue weighted by Gasteiger charge is 2.40. The van der Waals surface area contributed by atoms with Crippen LogP contribution in [0.15, 0.2) is 70.1 Å². The first kappa shape index (κ1) is 37.7. The van der Waals surface area contributed by atoms with E-state index in [1.165, 1.54) is 18.2 Å². The maximum Gasteiger partial charge on any atom is 0.323 e. The smallest absolute Gasteiger partial charge is 0.323 e. The number of hydrogen-bond donors (Lipinski definition) is 11. The fourth-order valence-electron chi connectivity index (χ4n) is 5.77. The number of carbonyl (C=O) groups is 3. The molecule has 16 heteroatoms. The van der Waals surface area contributed by atoms with Gasteiger partial charge in [-0.25, -0.2) is 0 Å². The molecule has 0 spiro atoms. The Kier molecular flexibility index (Phi) is 11.6. The molecule has 0 radical (unpaired) electrons. The lowest BCUT2D eigenvalue weighted by molar-refractivity contribution is -0.142. The van der Waals surface area contributed by atoms with Crippen LogP contribution in [0.25, 0.3) is 0 Å². The van der Waals surface area contributed by atoms with Crippen molar-refractivity contribution in [2.24, 2.45) is 4.99 Å². The van der Waals surface area contributed by atoms with Crippen molar-refractivity contribution in [3.63, 3.8) is 0 Å². The van der Waals surface area contributed by atoms with Gasteiger partial charge in [-0.2, -0.15) is 0 Å². The number of benzene rings is 3. The number of guanidine groups is 1. The Morgan fingerprint density at radius 1 is 1.06 bits per heavy atom. The minimum Gasteiger partial charge on any atom is -0.508 e. The van der Waals surface area contributed by atoms with E-state index >= 15 is 0 Å². The Balaban J connectivity index is 1.35. The summed E-state index contributed by atoms with van der Waals surface area (Å²) in [5.41, 5.74) is 2.35. The number of aromatic hydroxyl groups is 1. The highest BCUT2D eigenvalue weighted by atomic mass is 79.9. The third-order valence-electron chi connectivity index (χ3n) is 8.45. The molecule has 3 aromatic carbocycles. The van der Waals surface area contributed by atoms with E-state index in [0.717, 1.165) is 5.56 Å². The highest BCUT2D eigenvalue weighted by Crippen LogP contribution is 2.32. The van der Waals surface area contributed by atoms with Crippen LogP contribution < -0.4 is 31.9 Å². The molecule has 272 valence electrons. The molecule has 11 N–H and O–H groups in total. The van der Waals surface area contributed by atoms with E-state index in [9.17, 15) is 39.9 Å². The summed E-state index contributed by atoms with van der Waals surface area (Å²) in [6.07, 6.45) is -3.71. The van der Waals surface area contributed by atoms with Gasteiger partial charge >= 0.3 is 5.97 Å². The number of fused-ring (bicyclic) bond motifs is 1. The number of phenolic OH excluding ortho intramolecular Hbond substituents is 1. The Bertz CT molecular complexity index is 1820. The van der Waals surface area contributed by atoms with Crippen LogP contribution in [-0.2, 0) is 15.0 Å². The average Bonchev–Trinajstić information content (AvgIpc) is 3.41. The number of halogens is 1. The maximum atomic E-state index is 13.5. The molecular weight excluding hydrogens is 726 g/mol. The number of Topliss-reactive ketones (excluding diaryl/α,β-unsaturated/α-hetero) is 1. The van der Waals surface area contributed by atoms with Crippen molar-refractivity contribution in [2.45, 2.75) is 62.9 Å². The van der Waals surface area contributed by atoms with Gasteiger partial charge in [0, 0.05) is 39.6 Å². The zero-order valence-electron chi connectivity index (χ0n) is 28.1. The van der Waals surface area contributed by atoms with Gasteiger partial charge in [0.25, 0.3) is 0 Å². The second-order valence-electron chi connectivity index (χ2n) is 13.5. The summed E-state index contributed by atoms with van der Waals surface area (Å²) in [5.74, 6) is -2.32. The van der Waals surface area contributed by atoms with Crippen LogP contribution in [0, 0.1) is 0 Å². The molecule has 5 rings (SSSR count). The molecule has 51 heavy (non-hydrogen) atoms. The molecule has 0 saturated carbocycles. The summed E-state index contributed by atoms with van der Waals surface area (Å²) in [6, 6.07) is 12.2. The molecule has 0 aromatic heterocycles. The molecule has 0 aliphatic carbocycles. The topological polar surface area (TPSA) is 237 Å². The molecule has 2 heterocycles. The van der Waals surface area contributed by atoms with Gasteiger partial charge in [-0.3, -0.25) is 30.0 Å². The number of anilines is 2. The molecule has 0 saturated heterocycles. The fourth-order valence-corrected chi connectivity index (χ4v) is 6.28. The van der Waals surface area contributed by atoms with Crippen molar-refractivity contribution in [1.82, 2.24) is 21.3 Å². The SMILES string of the molecule is CC(C)(C)c1cc(Br)cc(C(NC(=O)CNC(O)c2cc(O)cc(NC3=NCC(O)CN3)c2)C(NC(O)C2Nc3ccccc3C2=O)C(=O)O)c1. The number of nitrogens with zero attached hydrogens (tertiary/aromatic N) is 1. The van der Waals surface area contributed by atoms with Gasteiger partial charge in [0.05, 0.1) is 25.2 Å². The number of β-amino-alcohol motifs (C(OH)–C–C–N with tert-alkyl or cyclic N) is 1. The number of ketones is 1. The van der Waals surface area contributed by atoms with Gasteiger partial charge in [-0.1, -0.05) is 54.9 Å². The van der Waals surface area contributed by atoms with E-state index in [1.54, 1.807) is 36.4 Å². The maximum absolute atomic E-state index is 13.5. The van der Waals surface area contributed by atoms with Gasteiger partial charge < -0.3 is 46.8 Å². The lowest BCUT2D eigenvalue weighted by Gasteiger charge is -2.31. The number of nitrogens with one attached hydrogen (secondary N) is 6. The number of para-hydroxylation sites is 1. The highest BCUT2D eigenvalue weighted by molar-refractivity contribution is 9.10. The van der Waals surface area contributed by atoms with Crippen molar-refractivity contribution in [3.05, 3.63) is 87.4 Å². The van der Waals surface area contributed by atoms with E-state index in [2.05, 4.69) is 52.8 Å². The molecular formula is C35H42BrN7O8. The molecule has 3 aromatic rings. The predicted molar refractivity (Wildman–Crippen MR) is 193 cm³/mol. The van der Waals surface area contributed by atoms with Crippen molar-refractivity contribution >= 4 is 50.9 Å². The monoisotopic (exact) mass is 767 g/mol. The first-order chi connectivity index (χ1) is 24.1. The van der Waals surface area contributed by atoms with E-state index in [1.807, 2.05) is 26.8 Å². The van der Waals surface area contributed by atoms with Crippen LogP contribution >= 0.6 is 15.9 Å². The van der Waals surface area contributed by atoms with Crippen molar-refractivity contribution in [1.29, 1.82) is 0 Å². The first-order valence-electron chi connectivity index (χ1n) is 16.2. The quantitative estimate of drug-likeness (QED) is 0.118. The van der Waals surface area contributed by atoms with E-state index in [4.69, 9.17) is 0 Å². The van der Waals surface area contributed by atoms with Crippen LogP contribution in [0.2, 0.25) is 0 Å². The number of rotatable bonds is 12. The van der Waals surface area contributed by atoms with Gasteiger partial charge in [0.1, 0.15) is 30.3 Å². The number of aliphatic carboxylic acids is 1. The van der Waals surface area contributed by atoms with E-state index < -0.39 is 60.9 Å². The summed E-state index contributed by atoms with van der Waals surface area (Å²) < 4.78 is 0.629. The Hall–Kier alpha value is -4.58. The number of carboxylic acids is 1. The fraction of sp³-hybridized carbons (Fsp3) is 0.371. The number of aliphatic hydroxyl groups is 3. The standard InChI is InChI=1S/C35H42BrN7O8/c1-35(2,3)19-8-17(9-20(36)12-19)27(28(33(50)51)43-32(49)29-30(47)24-6-4-5-7-25(24)41-29)42-26(46)16-37-31(48)18-10-21(13-22(44)11-18)40-34-38-14-23(45)15-39-34/h4-13,23,27-29,31-32,37,41,43-45,48-49H,14-16H2,1-3H3,(H,42,46)(H,50,51)(H2,38,39,40). The van der Waals surface area contributed by atoms with Gasteiger partial charge in [-0.15, -0.1) is 0 Å². The van der Waals surface area contributed by atoms with Gasteiger partial charge in [-0.05, 0) is 52.9 Å². The number of carboxylic acid groups (broad SMARTS) is 1.